The number of rotatable bonds is 4. The van der Waals surface area contributed by atoms with Gasteiger partial charge in [0.25, 0.3) is 0 Å². The fourth-order valence-corrected chi connectivity index (χ4v) is 2.65. The zero-order valence-corrected chi connectivity index (χ0v) is 15.4. The van der Waals surface area contributed by atoms with Gasteiger partial charge in [0.1, 0.15) is 5.60 Å². The molecule has 0 aromatic carbocycles. The van der Waals surface area contributed by atoms with E-state index in [9.17, 15) is 4.79 Å². The standard InChI is InChI=1S/C18H29N3O3/c1-14(16-8-6-7-9-19-16)20(5)12-15-13-21(10-11-23-15)17(22)24-18(2,3)4/h6-9,14-15H,10-13H2,1-5H3. The Bertz CT molecular complexity index is 530. The van der Waals surface area contributed by atoms with Crippen LogP contribution < -0.4 is 0 Å². The van der Waals surface area contributed by atoms with Crippen molar-refractivity contribution < 1.29 is 14.3 Å². The summed E-state index contributed by atoms with van der Waals surface area (Å²) in [6, 6.07) is 6.12. The monoisotopic (exact) mass is 335 g/mol. The van der Waals surface area contributed by atoms with Crippen LogP contribution in [0, 0.1) is 0 Å². The van der Waals surface area contributed by atoms with Crippen molar-refractivity contribution in [3.63, 3.8) is 0 Å². The second-order valence-electron chi connectivity index (χ2n) is 7.29. The quantitative estimate of drug-likeness (QED) is 0.847. The molecular weight excluding hydrogens is 306 g/mol. The Labute approximate surface area is 144 Å². The molecular formula is C18H29N3O3. The molecule has 0 spiro atoms. The number of likely N-dealkylation sites (N-methyl/N-ethyl adjacent to an activating group) is 1. The van der Waals surface area contributed by atoms with E-state index in [-0.39, 0.29) is 18.2 Å². The summed E-state index contributed by atoms with van der Waals surface area (Å²) in [6.07, 6.45) is 1.51. The molecule has 0 N–H and O–H groups in total. The van der Waals surface area contributed by atoms with Gasteiger partial charge in [-0.1, -0.05) is 6.07 Å². The van der Waals surface area contributed by atoms with Crippen molar-refractivity contribution in [1.29, 1.82) is 0 Å². The highest BCUT2D eigenvalue weighted by molar-refractivity contribution is 5.68. The third kappa shape index (κ3) is 5.46. The van der Waals surface area contributed by atoms with Gasteiger partial charge < -0.3 is 14.4 Å². The zero-order valence-electron chi connectivity index (χ0n) is 15.4. The molecule has 0 radical (unpaired) electrons. The van der Waals surface area contributed by atoms with Gasteiger partial charge >= 0.3 is 6.09 Å². The molecule has 24 heavy (non-hydrogen) atoms. The number of carbonyl (C=O) groups is 1. The smallest absolute Gasteiger partial charge is 0.410 e. The molecule has 0 aliphatic carbocycles. The summed E-state index contributed by atoms with van der Waals surface area (Å²) in [5.74, 6) is 0. The van der Waals surface area contributed by atoms with Crippen molar-refractivity contribution in [2.75, 3.05) is 33.3 Å². The Morgan fingerprint density at radius 2 is 2.25 bits per heavy atom. The van der Waals surface area contributed by atoms with E-state index in [2.05, 4.69) is 23.9 Å². The number of pyridine rings is 1. The summed E-state index contributed by atoms with van der Waals surface area (Å²) in [5, 5.41) is 0. The van der Waals surface area contributed by atoms with Gasteiger partial charge in [0.2, 0.25) is 0 Å². The van der Waals surface area contributed by atoms with E-state index in [1.54, 1.807) is 11.1 Å². The topological polar surface area (TPSA) is 54.9 Å². The number of ether oxygens (including phenoxy) is 2. The molecule has 0 saturated carbocycles. The Morgan fingerprint density at radius 1 is 1.50 bits per heavy atom. The van der Waals surface area contributed by atoms with Crippen molar-refractivity contribution in [2.45, 2.75) is 45.4 Å². The highest BCUT2D eigenvalue weighted by atomic mass is 16.6. The van der Waals surface area contributed by atoms with Gasteiger partial charge in [0.05, 0.1) is 24.9 Å². The maximum Gasteiger partial charge on any atom is 0.410 e. The average Bonchev–Trinajstić information content (AvgIpc) is 2.53. The molecule has 2 atom stereocenters. The van der Waals surface area contributed by atoms with E-state index in [1.165, 1.54) is 0 Å². The third-order valence-corrected chi connectivity index (χ3v) is 4.06. The lowest BCUT2D eigenvalue weighted by Gasteiger charge is -2.36. The first-order valence-corrected chi connectivity index (χ1v) is 8.47. The molecule has 1 saturated heterocycles. The highest BCUT2D eigenvalue weighted by Gasteiger charge is 2.29. The number of morpholine rings is 1. The molecule has 134 valence electrons. The Balaban J connectivity index is 1.89. The normalized spacial score (nSPS) is 20.1. The number of carbonyl (C=O) groups excluding carboxylic acids is 1. The van der Waals surface area contributed by atoms with Crippen LogP contribution >= 0.6 is 0 Å². The fraction of sp³-hybridized carbons (Fsp3) is 0.667. The third-order valence-electron chi connectivity index (χ3n) is 4.06. The lowest BCUT2D eigenvalue weighted by molar-refractivity contribution is -0.0531. The number of amides is 1. The van der Waals surface area contributed by atoms with E-state index in [0.29, 0.717) is 19.7 Å². The molecule has 0 bridgehead atoms. The Morgan fingerprint density at radius 3 is 2.88 bits per heavy atom. The molecule has 1 aromatic heterocycles. The van der Waals surface area contributed by atoms with Crippen molar-refractivity contribution in [3.8, 4) is 0 Å². The summed E-state index contributed by atoms with van der Waals surface area (Å²) in [7, 11) is 2.05. The largest absolute Gasteiger partial charge is 0.444 e. The minimum Gasteiger partial charge on any atom is -0.444 e. The lowest BCUT2D eigenvalue weighted by atomic mass is 10.1. The van der Waals surface area contributed by atoms with Gasteiger partial charge in [0.15, 0.2) is 0 Å². The predicted octanol–water partition coefficient (Wildman–Crippen LogP) is 2.71. The molecule has 1 aliphatic rings. The van der Waals surface area contributed by atoms with Crippen molar-refractivity contribution >= 4 is 6.09 Å². The van der Waals surface area contributed by atoms with Crippen molar-refractivity contribution in [3.05, 3.63) is 30.1 Å². The predicted molar refractivity (Wildman–Crippen MR) is 92.8 cm³/mol. The minimum absolute atomic E-state index is 0.0255. The van der Waals surface area contributed by atoms with Gasteiger partial charge in [-0.15, -0.1) is 0 Å². The van der Waals surface area contributed by atoms with Crippen LogP contribution in [0.1, 0.15) is 39.4 Å². The van der Waals surface area contributed by atoms with Crippen LogP contribution in [0.15, 0.2) is 24.4 Å². The summed E-state index contributed by atoms with van der Waals surface area (Å²) in [6.45, 7) is 10.2. The number of nitrogens with zero attached hydrogens (tertiary/aromatic N) is 3. The number of hydrogen-bond acceptors (Lipinski definition) is 5. The number of hydrogen-bond donors (Lipinski definition) is 0. The molecule has 1 fully saturated rings. The van der Waals surface area contributed by atoms with Gasteiger partial charge in [-0.05, 0) is 46.9 Å². The van der Waals surface area contributed by atoms with E-state index < -0.39 is 5.60 Å². The molecule has 6 nitrogen and oxygen atoms in total. The van der Waals surface area contributed by atoms with Gasteiger partial charge in [0, 0.05) is 25.3 Å². The second kappa shape index (κ2) is 7.94. The van der Waals surface area contributed by atoms with Crippen LogP contribution in [0.2, 0.25) is 0 Å². The maximum atomic E-state index is 12.2. The first kappa shape index (κ1) is 18.7. The van der Waals surface area contributed by atoms with E-state index >= 15 is 0 Å². The van der Waals surface area contributed by atoms with Crippen LogP contribution in [0.5, 0.6) is 0 Å². The molecule has 1 aromatic rings. The van der Waals surface area contributed by atoms with Gasteiger partial charge in [-0.25, -0.2) is 4.79 Å². The maximum absolute atomic E-state index is 12.2. The van der Waals surface area contributed by atoms with Crippen LogP contribution in [-0.2, 0) is 9.47 Å². The van der Waals surface area contributed by atoms with Crippen LogP contribution in [0.3, 0.4) is 0 Å². The van der Waals surface area contributed by atoms with E-state index in [0.717, 1.165) is 12.2 Å². The molecule has 2 unspecified atom stereocenters. The molecule has 2 rings (SSSR count). The summed E-state index contributed by atoms with van der Waals surface area (Å²) in [4.78, 5) is 20.6. The second-order valence-corrected chi connectivity index (χ2v) is 7.29. The van der Waals surface area contributed by atoms with Crippen molar-refractivity contribution in [2.24, 2.45) is 0 Å². The van der Waals surface area contributed by atoms with Gasteiger partial charge in [-0.3, -0.25) is 9.88 Å². The SMILES string of the molecule is CC(c1ccccn1)N(C)CC1CN(C(=O)OC(C)(C)C)CCO1. The molecule has 1 aliphatic heterocycles. The first-order valence-electron chi connectivity index (χ1n) is 8.47. The Kier molecular flexibility index (Phi) is 6.18. The van der Waals surface area contributed by atoms with Crippen molar-refractivity contribution in [1.82, 2.24) is 14.8 Å². The molecule has 6 heteroatoms. The minimum atomic E-state index is -0.477. The summed E-state index contributed by atoms with van der Waals surface area (Å²) in [5.41, 5.74) is 0.551. The lowest BCUT2D eigenvalue weighted by Crippen LogP contribution is -2.50. The van der Waals surface area contributed by atoms with E-state index in [1.807, 2.05) is 39.0 Å². The zero-order chi connectivity index (χ0) is 17.7. The summed E-state index contributed by atoms with van der Waals surface area (Å²) < 4.78 is 11.3. The molecule has 2 heterocycles. The average molecular weight is 335 g/mol. The van der Waals surface area contributed by atoms with Crippen LogP contribution in [-0.4, -0.2) is 65.9 Å². The molecule has 1 amide bonds. The van der Waals surface area contributed by atoms with Crippen LogP contribution in [0.4, 0.5) is 4.79 Å². The van der Waals surface area contributed by atoms with E-state index in [4.69, 9.17) is 9.47 Å². The fourth-order valence-electron chi connectivity index (χ4n) is 2.65. The summed E-state index contributed by atoms with van der Waals surface area (Å²) >= 11 is 0. The highest BCUT2D eigenvalue weighted by Crippen LogP contribution is 2.18. The first-order chi connectivity index (χ1) is 11.3. The number of aromatic nitrogens is 1. The van der Waals surface area contributed by atoms with Gasteiger partial charge in [-0.2, -0.15) is 0 Å². The van der Waals surface area contributed by atoms with Crippen LogP contribution in [0.25, 0.3) is 0 Å². The Hall–Kier alpha value is -1.66.